The number of ether oxygens (including phenoxy) is 2. The monoisotopic (exact) mass is 426 g/mol. The van der Waals surface area contributed by atoms with Crippen molar-refractivity contribution < 1.29 is 23.1 Å². The quantitative estimate of drug-likeness (QED) is 0.466. The van der Waals surface area contributed by atoms with Gasteiger partial charge in [0.25, 0.3) is 11.1 Å². The van der Waals surface area contributed by atoms with Crippen molar-refractivity contribution in [1.29, 1.82) is 0 Å². The first-order valence-electron chi connectivity index (χ1n) is 9.70. The molecule has 30 heavy (non-hydrogen) atoms. The number of methoxy groups -OCH3 is 1. The Kier molecular flexibility index (Phi) is 4.78. The Morgan fingerprint density at radius 2 is 2.03 bits per heavy atom. The number of amides is 1. The molecule has 2 aromatic heterocycles. The van der Waals surface area contributed by atoms with Crippen molar-refractivity contribution in [1.82, 2.24) is 9.88 Å². The van der Waals surface area contributed by atoms with Gasteiger partial charge in [-0.3, -0.25) is 4.79 Å². The van der Waals surface area contributed by atoms with Crippen LogP contribution in [0.5, 0.6) is 10.9 Å². The van der Waals surface area contributed by atoms with E-state index in [4.69, 9.17) is 13.9 Å². The fourth-order valence-electron chi connectivity index (χ4n) is 3.72. The molecule has 1 amide bonds. The van der Waals surface area contributed by atoms with Crippen molar-refractivity contribution in [3.63, 3.8) is 0 Å². The summed E-state index contributed by atoms with van der Waals surface area (Å²) < 4.78 is 31.6. The summed E-state index contributed by atoms with van der Waals surface area (Å²) >= 11 is 1.33. The lowest BCUT2D eigenvalue weighted by Gasteiger charge is -2.31. The minimum Gasteiger partial charge on any atom is -0.493 e. The molecule has 0 bridgehead atoms. The molecule has 0 spiro atoms. The molecule has 5 rings (SSSR count). The number of aromatic nitrogens is 1. The molecule has 1 saturated heterocycles. The van der Waals surface area contributed by atoms with Gasteiger partial charge in [0.15, 0.2) is 17.1 Å². The minimum absolute atomic E-state index is 0.0616. The molecule has 4 aromatic rings. The summed E-state index contributed by atoms with van der Waals surface area (Å²) in [6.45, 7) is 1.11. The third kappa shape index (κ3) is 3.37. The maximum Gasteiger partial charge on any atom is 0.289 e. The minimum atomic E-state index is -0.346. The largest absolute Gasteiger partial charge is 0.493 e. The van der Waals surface area contributed by atoms with Gasteiger partial charge in [0.05, 0.1) is 11.8 Å². The van der Waals surface area contributed by atoms with Crippen LogP contribution in [0.3, 0.4) is 0 Å². The molecule has 0 atom stereocenters. The summed E-state index contributed by atoms with van der Waals surface area (Å²) in [6, 6.07) is 12.2. The van der Waals surface area contributed by atoms with Gasteiger partial charge < -0.3 is 18.8 Å². The molecule has 1 fully saturated rings. The molecule has 0 N–H and O–H groups in total. The topological polar surface area (TPSA) is 64.8 Å². The van der Waals surface area contributed by atoms with E-state index in [0.717, 1.165) is 10.1 Å². The third-order valence-electron chi connectivity index (χ3n) is 5.29. The van der Waals surface area contributed by atoms with Crippen LogP contribution in [0.4, 0.5) is 4.39 Å². The van der Waals surface area contributed by atoms with Crippen LogP contribution in [0.25, 0.3) is 21.2 Å². The van der Waals surface area contributed by atoms with Gasteiger partial charge >= 0.3 is 0 Å². The third-order valence-corrected chi connectivity index (χ3v) is 6.20. The number of furan rings is 1. The lowest BCUT2D eigenvalue weighted by atomic mass is 10.1. The van der Waals surface area contributed by atoms with Crippen LogP contribution < -0.4 is 9.47 Å². The van der Waals surface area contributed by atoms with Gasteiger partial charge in [-0.15, -0.1) is 0 Å². The number of rotatable bonds is 4. The maximum atomic E-state index is 13.8. The van der Waals surface area contributed by atoms with E-state index in [0.29, 0.717) is 53.7 Å². The highest BCUT2D eigenvalue weighted by atomic mass is 32.1. The Hall–Kier alpha value is -3.13. The number of para-hydroxylation sites is 2. The Balaban J connectivity index is 1.25. The van der Waals surface area contributed by atoms with E-state index in [1.54, 1.807) is 30.2 Å². The molecule has 6 nitrogen and oxygen atoms in total. The van der Waals surface area contributed by atoms with E-state index < -0.39 is 0 Å². The predicted molar refractivity (Wildman–Crippen MR) is 112 cm³/mol. The normalized spacial score (nSPS) is 15.1. The van der Waals surface area contributed by atoms with Crippen LogP contribution in [-0.2, 0) is 0 Å². The van der Waals surface area contributed by atoms with Crippen LogP contribution in [-0.4, -0.2) is 42.1 Å². The summed E-state index contributed by atoms with van der Waals surface area (Å²) in [4.78, 5) is 18.9. The number of hydrogen-bond acceptors (Lipinski definition) is 6. The fourth-order valence-corrected chi connectivity index (χ4v) is 4.62. The number of fused-ring (bicyclic) bond motifs is 2. The lowest BCUT2D eigenvalue weighted by Crippen LogP contribution is -2.41. The second kappa shape index (κ2) is 7.60. The second-order valence-electron chi connectivity index (χ2n) is 7.17. The maximum absolute atomic E-state index is 13.8. The molecule has 154 valence electrons. The Labute approximate surface area is 175 Å². The van der Waals surface area contributed by atoms with Crippen molar-refractivity contribution >= 4 is 38.4 Å². The fraction of sp³-hybridized carbons (Fsp3) is 0.273. The predicted octanol–water partition coefficient (Wildman–Crippen LogP) is 4.87. The van der Waals surface area contributed by atoms with Gasteiger partial charge in [0.1, 0.15) is 17.4 Å². The Morgan fingerprint density at radius 3 is 2.80 bits per heavy atom. The highest BCUT2D eigenvalue weighted by Gasteiger charge is 2.27. The molecule has 0 unspecified atom stereocenters. The van der Waals surface area contributed by atoms with E-state index in [1.165, 1.54) is 17.4 Å². The number of thiazole rings is 1. The average molecular weight is 426 g/mol. The van der Waals surface area contributed by atoms with Gasteiger partial charge in [0.2, 0.25) is 0 Å². The number of carbonyl (C=O) groups is 1. The smallest absolute Gasteiger partial charge is 0.289 e. The zero-order chi connectivity index (χ0) is 20.7. The van der Waals surface area contributed by atoms with Crippen molar-refractivity contribution in [2.45, 2.75) is 18.9 Å². The number of benzene rings is 2. The number of carbonyl (C=O) groups excluding carboxylic acids is 1. The molecular weight excluding hydrogens is 407 g/mol. The highest BCUT2D eigenvalue weighted by molar-refractivity contribution is 7.20. The molecule has 1 aliphatic rings. The first kappa shape index (κ1) is 18.9. The Morgan fingerprint density at radius 1 is 1.23 bits per heavy atom. The molecule has 0 aliphatic carbocycles. The zero-order valence-electron chi connectivity index (χ0n) is 16.3. The number of piperidine rings is 1. The summed E-state index contributed by atoms with van der Waals surface area (Å²) in [5.41, 5.74) is 0.912. The molecule has 3 heterocycles. The van der Waals surface area contributed by atoms with Gasteiger partial charge in [-0.05, 0) is 24.3 Å². The second-order valence-corrected chi connectivity index (χ2v) is 8.16. The van der Waals surface area contributed by atoms with Crippen LogP contribution in [0.2, 0.25) is 0 Å². The number of hydrogen-bond donors (Lipinski definition) is 0. The summed E-state index contributed by atoms with van der Waals surface area (Å²) in [7, 11) is 1.57. The summed E-state index contributed by atoms with van der Waals surface area (Å²) in [5.74, 6) is 0.414. The van der Waals surface area contributed by atoms with Gasteiger partial charge in [-0.1, -0.05) is 29.5 Å². The lowest BCUT2D eigenvalue weighted by molar-refractivity contribution is 0.0568. The van der Waals surface area contributed by atoms with Gasteiger partial charge in [-0.25, -0.2) is 4.39 Å². The number of halogens is 1. The van der Waals surface area contributed by atoms with Crippen LogP contribution in [0.15, 0.2) is 46.9 Å². The Bertz CT molecular complexity index is 1230. The summed E-state index contributed by atoms with van der Waals surface area (Å²) in [6.07, 6.45) is 1.29. The standard InChI is InChI=1S/C22H19FN2O4S/c1-27-16-6-2-4-13-12-17(29-20(13)16)21(26)25-10-8-14(9-11-25)28-22-24-19-15(23)5-3-7-18(19)30-22/h2-7,12,14H,8-11H2,1H3. The molecule has 8 heteroatoms. The number of nitrogens with zero attached hydrogens (tertiary/aromatic N) is 2. The molecule has 0 radical (unpaired) electrons. The van der Waals surface area contributed by atoms with Crippen LogP contribution in [0, 0.1) is 5.82 Å². The summed E-state index contributed by atoms with van der Waals surface area (Å²) in [5, 5.41) is 1.29. The average Bonchev–Trinajstić information content (AvgIpc) is 3.38. The highest BCUT2D eigenvalue weighted by Crippen LogP contribution is 2.32. The zero-order valence-corrected chi connectivity index (χ0v) is 17.1. The van der Waals surface area contributed by atoms with Crippen molar-refractivity contribution in [3.8, 4) is 10.9 Å². The van der Waals surface area contributed by atoms with E-state index >= 15 is 0 Å². The molecule has 1 aliphatic heterocycles. The number of likely N-dealkylation sites (tertiary alicyclic amines) is 1. The van der Waals surface area contributed by atoms with Crippen molar-refractivity contribution in [2.24, 2.45) is 0 Å². The van der Waals surface area contributed by atoms with Crippen molar-refractivity contribution in [2.75, 3.05) is 20.2 Å². The van der Waals surface area contributed by atoms with Crippen molar-refractivity contribution in [3.05, 3.63) is 54.0 Å². The van der Waals surface area contributed by atoms with Gasteiger partial charge in [-0.2, -0.15) is 4.98 Å². The molecule has 0 saturated carbocycles. The first-order chi connectivity index (χ1) is 14.6. The van der Waals surface area contributed by atoms with E-state index in [9.17, 15) is 9.18 Å². The van der Waals surface area contributed by atoms with Gasteiger partial charge in [0, 0.05) is 31.3 Å². The SMILES string of the molecule is COc1cccc2cc(C(=O)N3CCC(Oc4nc5c(F)cccc5s4)CC3)oc12. The van der Waals surface area contributed by atoms with Crippen LogP contribution in [0.1, 0.15) is 23.4 Å². The molecular formula is C22H19FN2O4S. The molecule has 2 aromatic carbocycles. The van der Waals surface area contributed by atoms with E-state index in [2.05, 4.69) is 4.98 Å². The van der Waals surface area contributed by atoms with E-state index in [1.807, 2.05) is 18.2 Å². The van der Waals surface area contributed by atoms with E-state index in [-0.39, 0.29) is 17.8 Å². The first-order valence-corrected chi connectivity index (χ1v) is 10.5. The van der Waals surface area contributed by atoms with Crippen LogP contribution >= 0.6 is 11.3 Å².